The molecule has 27 heavy (non-hydrogen) atoms. The molecular weight excluding hydrogens is 386 g/mol. The lowest BCUT2D eigenvalue weighted by molar-refractivity contribution is -0.139. The standard InChI is InChI=1S/C20H22ClNO4S/c21-17-9-5-4-8-16(17)19-10-11-22(12-13-27(19,25)26)20(24)18(23)14-15-6-2-1-3-7-15/h1-9,18-19,23H,10-14H2. The van der Waals surface area contributed by atoms with Crippen LogP contribution in [0.1, 0.15) is 22.8 Å². The van der Waals surface area contributed by atoms with E-state index in [1.165, 1.54) is 4.90 Å². The number of benzene rings is 2. The van der Waals surface area contributed by atoms with Crippen LogP contribution < -0.4 is 0 Å². The van der Waals surface area contributed by atoms with E-state index in [1.54, 1.807) is 24.3 Å². The van der Waals surface area contributed by atoms with Gasteiger partial charge in [0.2, 0.25) is 0 Å². The Bertz CT molecular complexity index is 901. The van der Waals surface area contributed by atoms with Crippen LogP contribution in [0.25, 0.3) is 0 Å². The molecule has 1 aliphatic heterocycles. The molecule has 3 rings (SSSR count). The van der Waals surface area contributed by atoms with E-state index in [9.17, 15) is 18.3 Å². The van der Waals surface area contributed by atoms with Gasteiger partial charge in [0.1, 0.15) is 6.10 Å². The van der Waals surface area contributed by atoms with Crippen molar-refractivity contribution in [3.8, 4) is 0 Å². The number of aliphatic hydroxyl groups excluding tert-OH is 1. The molecule has 2 aromatic carbocycles. The van der Waals surface area contributed by atoms with Gasteiger partial charge in [-0.1, -0.05) is 60.1 Å². The Morgan fingerprint density at radius 1 is 1.11 bits per heavy atom. The van der Waals surface area contributed by atoms with Crippen LogP contribution in [0.3, 0.4) is 0 Å². The van der Waals surface area contributed by atoms with Crippen molar-refractivity contribution in [2.75, 3.05) is 18.8 Å². The second kappa shape index (κ2) is 8.42. The number of carbonyl (C=O) groups is 1. The highest BCUT2D eigenvalue weighted by Gasteiger charge is 2.35. The molecule has 0 spiro atoms. The third-order valence-electron chi connectivity index (χ3n) is 4.86. The number of hydrogen-bond donors (Lipinski definition) is 1. The number of hydrogen-bond acceptors (Lipinski definition) is 4. The summed E-state index contributed by atoms with van der Waals surface area (Å²) < 4.78 is 25.4. The second-order valence-electron chi connectivity index (χ2n) is 6.70. The molecule has 1 fully saturated rings. The average molecular weight is 408 g/mol. The van der Waals surface area contributed by atoms with Gasteiger partial charge < -0.3 is 10.0 Å². The van der Waals surface area contributed by atoms with Crippen LogP contribution in [0, 0.1) is 0 Å². The molecule has 0 aromatic heterocycles. The maximum atomic E-state index is 12.7. The number of amides is 1. The van der Waals surface area contributed by atoms with Crippen molar-refractivity contribution in [3.63, 3.8) is 0 Å². The fourth-order valence-corrected chi connectivity index (χ4v) is 5.53. The highest BCUT2D eigenvalue weighted by Crippen LogP contribution is 2.33. The van der Waals surface area contributed by atoms with Crippen LogP contribution in [-0.2, 0) is 21.1 Å². The van der Waals surface area contributed by atoms with E-state index in [-0.39, 0.29) is 31.7 Å². The minimum atomic E-state index is -3.45. The molecule has 1 aliphatic rings. The van der Waals surface area contributed by atoms with Crippen molar-refractivity contribution in [3.05, 3.63) is 70.7 Å². The van der Waals surface area contributed by atoms with Gasteiger partial charge in [0.05, 0.1) is 11.0 Å². The molecule has 1 amide bonds. The minimum Gasteiger partial charge on any atom is -0.383 e. The van der Waals surface area contributed by atoms with Gasteiger partial charge in [-0.15, -0.1) is 0 Å². The Kier molecular flexibility index (Phi) is 6.19. The predicted molar refractivity (Wildman–Crippen MR) is 105 cm³/mol. The lowest BCUT2D eigenvalue weighted by atomic mass is 10.1. The highest BCUT2D eigenvalue weighted by atomic mass is 35.5. The Hall–Kier alpha value is -1.89. The van der Waals surface area contributed by atoms with Crippen LogP contribution in [0.5, 0.6) is 0 Å². The van der Waals surface area contributed by atoms with Gasteiger partial charge >= 0.3 is 0 Å². The van der Waals surface area contributed by atoms with Gasteiger partial charge in [-0.2, -0.15) is 0 Å². The van der Waals surface area contributed by atoms with Crippen molar-refractivity contribution in [2.45, 2.75) is 24.2 Å². The van der Waals surface area contributed by atoms with Crippen molar-refractivity contribution in [1.82, 2.24) is 4.90 Å². The van der Waals surface area contributed by atoms with Gasteiger partial charge in [-0.25, -0.2) is 8.42 Å². The molecule has 2 unspecified atom stereocenters. The molecule has 0 bridgehead atoms. The molecule has 2 atom stereocenters. The van der Waals surface area contributed by atoms with Crippen LogP contribution in [0.2, 0.25) is 5.02 Å². The minimum absolute atomic E-state index is 0.0774. The zero-order chi connectivity index (χ0) is 19.4. The van der Waals surface area contributed by atoms with E-state index in [0.717, 1.165) is 5.56 Å². The fraction of sp³-hybridized carbons (Fsp3) is 0.350. The first-order valence-electron chi connectivity index (χ1n) is 8.85. The fourth-order valence-electron chi connectivity index (χ4n) is 3.39. The first-order valence-corrected chi connectivity index (χ1v) is 10.9. The van der Waals surface area contributed by atoms with E-state index in [0.29, 0.717) is 10.6 Å². The molecule has 0 saturated carbocycles. The molecule has 1 saturated heterocycles. The molecule has 1 heterocycles. The number of nitrogens with zero attached hydrogens (tertiary/aromatic N) is 1. The van der Waals surface area contributed by atoms with Crippen LogP contribution in [0.15, 0.2) is 54.6 Å². The first kappa shape index (κ1) is 19.9. The molecule has 0 aliphatic carbocycles. The van der Waals surface area contributed by atoms with E-state index in [4.69, 9.17) is 11.6 Å². The lowest BCUT2D eigenvalue weighted by Gasteiger charge is -2.23. The summed E-state index contributed by atoms with van der Waals surface area (Å²) in [5.41, 5.74) is 1.42. The maximum absolute atomic E-state index is 12.7. The molecule has 0 radical (unpaired) electrons. The number of halogens is 1. The Labute approximate surface area is 164 Å². The smallest absolute Gasteiger partial charge is 0.251 e. The summed E-state index contributed by atoms with van der Waals surface area (Å²) in [5.74, 6) is -0.582. The van der Waals surface area contributed by atoms with E-state index in [2.05, 4.69) is 0 Å². The van der Waals surface area contributed by atoms with E-state index < -0.39 is 27.1 Å². The lowest BCUT2D eigenvalue weighted by Crippen LogP contribution is -2.41. The highest BCUT2D eigenvalue weighted by molar-refractivity contribution is 7.91. The summed E-state index contributed by atoms with van der Waals surface area (Å²) in [7, 11) is -3.45. The van der Waals surface area contributed by atoms with Gasteiger partial charge in [0.25, 0.3) is 5.91 Å². The van der Waals surface area contributed by atoms with Gasteiger partial charge in [0.15, 0.2) is 9.84 Å². The summed E-state index contributed by atoms with van der Waals surface area (Å²) >= 11 is 6.19. The Morgan fingerprint density at radius 3 is 2.48 bits per heavy atom. The topological polar surface area (TPSA) is 74.7 Å². The summed E-state index contributed by atoms with van der Waals surface area (Å²) in [5, 5.41) is 9.98. The number of sulfone groups is 1. The summed E-state index contributed by atoms with van der Waals surface area (Å²) in [6.07, 6.45) is -0.723. The van der Waals surface area contributed by atoms with Crippen LogP contribution in [-0.4, -0.2) is 49.3 Å². The van der Waals surface area contributed by atoms with Gasteiger partial charge in [-0.05, 0) is 23.6 Å². The largest absolute Gasteiger partial charge is 0.383 e. The van der Waals surface area contributed by atoms with Crippen LogP contribution in [0.4, 0.5) is 0 Å². The molecular formula is C20H22ClNO4S. The second-order valence-corrected chi connectivity index (χ2v) is 9.41. The molecule has 2 aromatic rings. The SMILES string of the molecule is O=C(C(O)Cc1ccccc1)N1CCC(c2ccccc2Cl)S(=O)(=O)CC1. The summed E-state index contributed by atoms with van der Waals surface area (Å²) in [6, 6.07) is 16.1. The third kappa shape index (κ3) is 4.69. The molecule has 7 heteroatoms. The first-order chi connectivity index (χ1) is 12.9. The third-order valence-corrected chi connectivity index (χ3v) is 7.31. The molecule has 1 N–H and O–H groups in total. The van der Waals surface area contributed by atoms with E-state index >= 15 is 0 Å². The summed E-state index contributed by atoms with van der Waals surface area (Å²) in [4.78, 5) is 14.1. The quantitative estimate of drug-likeness (QED) is 0.845. The van der Waals surface area contributed by atoms with Crippen molar-refractivity contribution < 1.29 is 18.3 Å². The number of rotatable bonds is 4. The monoisotopic (exact) mass is 407 g/mol. The zero-order valence-corrected chi connectivity index (χ0v) is 16.4. The Balaban J connectivity index is 1.73. The van der Waals surface area contributed by atoms with Crippen molar-refractivity contribution >= 4 is 27.3 Å². The summed E-state index contributed by atoms with van der Waals surface area (Å²) in [6.45, 7) is 0.341. The average Bonchev–Trinajstić information content (AvgIpc) is 2.80. The van der Waals surface area contributed by atoms with Crippen molar-refractivity contribution in [1.29, 1.82) is 0 Å². The predicted octanol–water partition coefficient (Wildman–Crippen LogP) is 2.63. The zero-order valence-electron chi connectivity index (χ0n) is 14.8. The normalized spacial score (nSPS) is 20.7. The number of aliphatic hydroxyl groups is 1. The van der Waals surface area contributed by atoms with Gasteiger partial charge in [0, 0.05) is 24.5 Å². The van der Waals surface area contributed by atoms with Crippen molar-refractivity contribution in [2.24, 2.45) is 0 Å². The molecule has 144 valence electrons. The molecule has 5 nitrogen and oxygen atoms in total. The van der Waals surface area contributed by atoms with Gasteiger partial charge in [-0.3, -0.25) is 4.79 Å². The number of carbonyl (C=O) groups excluding carboxylic acids is 1. The maximum Gasteiger partial charge on any atom is 0.251 e. The van der Waals surface area contributed by atoms with E-state index in [1.807, 2.05) is 30.3 Å². The van der Waals surface area contributed by atoms with Crippen LogP contribution >= 0.6 is 11.6 Å². The Morgan fingerprint density at radius 2 is 1.78 bits per heavy atom.